The summed E-state index contributed by atoms with van der Waals surface area (Å²) in [6.45, 7) is 2.69. The van der Waals surface area contributed by atoms with Crippen LogP contribution in [0.4, 0.5) is 0 Å². The normalized spacial score (nSPS) is 21.8. The maximum Gasteiger partial charge on any atom is 0.227 e. The fourth-order valence-corrected chi connectivity index (χ4v) is 4.24. The minimum atomic E-state index is -0.410. The summed E-state index contributed by atoms with van der Waals surface area (Å²) in [6.07, 6.45) is 7.86. The van der Waals surface area contributed by atoms with E-state index >= 15 is 0 Å². The van der Waals surface area contributed by atoms with Crippen LogP contribution >= 0.6 is 0 Å². The number of nitrogens with one attached hydrogen (secondary N) is 1. The van der Waals surface area contributed by atoms with Gasteiger partial charge in [0.2, 0.25) is 5.91 Å². The van der Waals surface area contributed by atoms with Gasteiger partial charge in [-0.25, -0.2) is 0 Å². The number of amides is 1. The molecule has 2 aliphatic rings. The summed E-state index contributed by atoms with van der Waals surface area (Å²) < 4.78 is 11.1. The Labute approximate surface area is 166 Å². The zero-order chi connectivity index (χ0) is 19.2. The zero-order valence-electron chi connectivity index (χ0n) is 16.2. The molecule has 0 radical (unpaired) electrons. The van der Waals surface area contributed by atoms with Gasteiger partial charge in [-0.15, -0.1) is 0 Å². The highest BCUT2D eigenvalue weighted by molar-refractivity contribution is 5.83. The van der Waals surface area contributed by atoms with E-state index in [9.17, 15) is 4.79 Å². The molecule has 0 bridgehead atoms. The number of carbonyl (C=O) groups excluding carboxylic acids is 1. The number of pyridine rings is 1. The van der Waals surface area contributed by atoms with E-state index in [1.165, 1.54) is 5.56 Å². The van der Waals surface area contributed by atoms with Crippen molar-refractivity contribution in [3.8, 4) is 11.1 Å². The van der Waals surface area contributed by atoms with Gasteiger partial charge < -0.3 is 14.8 Å². The summed E-state index contributed by atoms with van der Waals surface area (Å²) >= 11 is 0. The molecule has 1 atom stereocenters. The Morgan fingerprint density at radius 2 is 1.89 bits per heavy atom. The van der Waals surface area contributed by atoms with Crippen LogP contribution in [0.2, 0.25) is 0 Å². The zero-order valence-corrected chi connectivity index (χ0v) is 16.2. The lowest BCUT2D eigenvalue weighted by molar-refractivity contribution is -0.138. The van der Waals surface area contributed by atoms with Crippen LogP contribution < -0.4 is 5.32 Å². The van der Waals surface area contributed by atoms with Gasteiger partial charge in [0.1, 0.15) is 0 Å². The van der Waals surface area contributed by atoms with Gasteiger partial charge in [0.15, 0.2) is 0 Å². The summed E-state index contributed by atoms with van der Waals surface area (Å²) in [6, 6.07) is 12.7. The third-order valence-corrected chi connectivity index (χ3v) is 5.91. The van der Waals surface area contributed by atoms with Crippen molar-refractivity contribution < 1.29 is 14.3 Å². The molecule has 2 saturated heterocycles. The lowest BCUT2D eigenvalue weighted by Crippen LogP contribution is -2.51. The first-order valence-corrected chi connectivity index (χ1v) is 10.2. The van der Waals surface area contributed by atoms with E-state index in [4.69, 9.17) is 9.47 Å². The van der Waals surface area contributed by atoms with Crippen molar-refractivity contribution in [1.82, 2.24) is 10.3 Å². The Morgan fingerprint density at radius 3 is 2.64 bits per heavy atom. The molecule has 4 rings (SSSR count). The van der Waals surface area contributed by atoms with Crippen LogP contribution in [0.25, 0.3) is 11.1 Å². The number of hydrogen-bond acceptors (Lipinski definition) is 4. The summed E-state index contributed by atoms with van der Waals surface area (Å²) in [5.74, 6) is 0.153. The molecule has 2 aromatic rings. The van der Waals surface area contributed by atoms with E-state index in [1.54, 1.807) is 0 Å². The van der Waals surface area contributed by atoms with Crippen LogP contribution in [-0.2, 0) is 20.7 Å². The average Bonchev–Trinajstić information content (AvgIpc) is 2.76. The second-order valence-corrected chi connectivity index (χ2v) is 7.89. The molecule has 1 aromatic carbocycles. The first-order chi connectivity index (χ1) is 13.8. The molecule has 0 aliphatic carbocycles. The van der Waals surface area contributed by atoms with Crippen LogP contribution in [0.15, 0.2) is 48.8 Å². The highest BCUT2D eigenvalue weighted by Crippen LogP contribution is 2.36. The third-order valence-electron chi connectivity index (χ3n) is 5.91. The number of nitrogens with zero attached hydrogens (tertiary/aromatic N) is 1. The molecule has 5 nitrogen and oxygen atoms in total. The smallest absolute Gasteiger partial charge is 0.227 e. The van der Waals surface area contributed by atoms with Gasteiger partial charge in [0.05, 0.1) is 18.1 Å². The fraction of sp³-hybridized carbons (Fsp3) is 0.478. The van der Waals surface area contributed by atoms with Crippen LogP contribution in [0.3, 0.4) is 0 Å². The number of hydrogen-bond donors (Lipinski definition) is 1. The molecule has 5 heteroatoms. The summed E-state index contributed by atoms with van der Waals surface area (Å²) in [5, 5.41) is 3.27. The van der Waals surface area contributed by atoms with Gasteiger partial charge >= 0.3 is 0 Å². The van der Waals surface area contributed by atoms with E-state index < -0.39 is 5.41 Å². The lowest BCUT2D eigenvalue weighted by Gasteiger charge is -2.37. The monoisotopic (exact) mass is 380 g/mol. The number of rotatable bonds is 5. The Kier molecular flexibility index (Phi) is 6.03. The quantitative estimate of drug-likeness (QED) is 0.864. The molecule has 1 amide bonds. The predicted octanol–water partition coefficient (Wildman–Crippen LogP) is 3.38. The van der Waals surface area contributed by atoms with Crippen molar-refractivity contribution >= 4 is 5.91 Å². The summed E-state index contributed by atoms with van der Waals surface area (Å²) in [4.78, 5) is 17.4. The highest BCUT2D eigenvalue weighted by Gasteiger charge is 2.41. The van der Waals surface area contributed by atoms with Gasteiger partial charge in [0, 0.05) is 32.2 Å². The Hall–Kier alpha value is -2.24. The van der Waals surface area contributed by atoms with Crippen molar-refractivity contribution in [3.63, 3.8) is 0 Å². The molecule has 1 N–H and O–H groups in total. The summed E-state index contributed by atoms with van der Waals surface area (Å²) in [7, 11) is 0. The Morgan fingerprint density at radius 1 is 1.07 bits per heavy atom. The van der Waals surface area contributed by atoms with Gasteiger partial charge in [0.25, 0.3) is 0 Å². The third kappa shape index (κ3) is 4.42. The number of aromatic nitrogens is 1. The molecular formula is C23H28N2O3. The van der Waals surface area contributed by atoms with Crippen LogP contribution in [0.5, 0.6) is 0 Å². The molecule has 2 fully saturated rings. The van der Waals surface area contributed by atoms with Gasteiger partial charge in [-0.2, -0.15) is 0 Å². The van der Waals surface area contributed by atoms with E-state index in [0.29, 0.717) is 19.8 Å². The lowest BCUT2D eigenvalue weighted by atomic mass is 9.74. The minimum Gasteiger partial charge on any atom is -0.381 e. The van der Waals surface area contributed by atoms with E-state index in [1.807, 2.05) is 24.5 Å². The largest absolute Gasteiger partial charge is 0.381 e. The van der Waals surface area contributed by atoms with Crippen LogP contribution in [-0.4, -0.2) is 43.4 Å². The van der Waals surface area contributed by atoms with E-state index in [-0.39, 0.29) is 11.9 Å². The molecule has 2 aliphatic heterocycles. The topological polar surface area (TPSA) is 60.5 Å². The molecule has 1 aromatic heterocycles. The molecule has 148 valence electrons. The van der Waals surface area contributed by atoms with Gasteiger partial charge in [-0.1, -0.05) is 24.3 Å². The maximum atomic E-state index is 13.3. The van der Waals surface area contributed by atoms with Crippen molar-refractivity contribution in [1.29, 1.82) is 0 Å². The van der Waals surface area contributed by atoms with Gasteiger partial charge in [-0.05, 0) is 60.9 Å². The SMILES string of the molecule is O=C(N[C@H]1CCCOC1)C1(Cc2cccc(-c3ccncc3)c2)CCOCC1. The second kappa shape index (κ2) is 8.84. The molecular weight excluding hydrogens is 352 g/mol. The minimum absolute atomic E-state index is 0.129. The standard InChI is InChI=1S/C23H28N2O3/c26-22(25-21-5-2-12-28-17-21)23(8-13-27-14-9-23)16-18-3-1-4-20(15-18)19-6-10-24-11-7-19/h1,3-4,6-7,10-11,15,21H,2,5,8-9,12-14,16-17H2,(H,25,26)/t21-/m0/s1. The molecule has 0 spiro atoms. The van der Waals surface area contributed by atoms with Crippen LogP contribution in [0, 0.1) is 5.41 Å². The number of carbonyl (C=O) groups is 1. The molecule has 0 saturated carbocycles. The first kappa shape index (κ1) is 19.1. The van der Waals surface area contributed by atoms with Crippen molar-refractivity contribution in [2.45, 2.75) is 38.1 Å². The van der Waals surface area contributed by atoms with Gasteiger partial charge in [-0.3, -0.25) is 9.78 Å². The number of benzene rings is 1. The Balaban J connectivity index is 1.54. The Bertz CT molecular complexity index is 781. The fourth-order valence-electron chi connectivity index (χ4n) is 4.24. The second-order valence-electron chi connectivity index (χ2n) is 7.89. The van der Waals surface area contributed by atoms with Crippen LogP contribution in [0.1, 0.15) is 31.2 Å². The highest BCUT2D eigenvalue weighted by atomic mass is 16.5. The van der Waals surface area contributed by atoms with E-state index in [2.05, 4.69) is 34.6 Å². The molecule has 3 heterocycles. The van der Waals surface area contributed by atoms with Crippen molar-refractivity contribution in [2.24, 2.45) is 5.41 Å². The number of ether oxygens (including phenoxy) is 2. The first-order valence-electron chi connectivity index (χ1n) is 10.2. The average molecular weight is 380 g/mol. The van der Waals surface area contributed by atoms with Crippen molar-refractivity contribution in [2.75, 3.05) is 26.4 Å². The summed E-state index contributed by atoms with van der Waals surface area (Å²) in [5.41, 5.74) is 3.07. The molecule has 0 unspecified atom stereocenters. The van der Waals surface area contributed by atoms with E-state index in [0.717, 1.165) is 49.8 Å². The molecule has 28 heavy (non-hydrogen) atoms. The van der Waals surface area contributed by atoms with Crippen molar-refractivity contribution in [3.05, 3.63) is 54.4 Å². The predicted molar refractivity (Wildman–Crippen MR) is 108 cm³/mol. The maximum absolute atomic E-state index is 13.3.